The Kier molecular flexibility index (Phi) is 21.7. The Labute approximate surface area is 284 Å². The van der Waals surface area contributed by atoms with E-state index in [2.05, 4.69) is 55.5 Å². The van der Waals surface area contributed by atoms with E-state index in [1.165, 1.54) is 67.3 Å². The highest BCUT2D eigenvalue weighted by molar-refractivity contribution is 7.79. The average molecular weight is 667 g/mol. The first-order valence-corrected chi connectivity index (χ1v) is 18.7. The Morgan fingerprint density at radius 3 is 1.36 bits per heavy atom. The fraction of sp³-hybridized carbons (Fsp3) is 0.513. The number of hydrogen-bond acceptors (Lipinski definition) is 7. The molecule has 0 heterocycles. The van der Waals surface area contributed by atoms with Gasteiger partial charge in [0.2, 0.25) is 0 Å². The van der Waals surface area contributed by atoms with Gasteiger partial charge in [0, 0.05) is 6.61 Å². The van der Waals surface area contributed by atoms with Crippen LogP contribution in [0.1, 0.15) is 64.7 Å². The Bertz CT molecular complexity index is 1120. The maximum atomic E-state index is 12.3. The molecule has 0 aromatic heterocycles. The zero-order chi connectivity index (χ0) is 33.0. The van der Waals surface area contributed by atoms with E-state index in [1.54, 1.807) is 0 Å². The summed E-state index contributed by atoms with van der Waals surface area (Å²) in [6.45, 7) is 6.83. The lowest BCUT2D eigenvalue weighted by Crippen LogP contribution is -2.21. The van der Waals surface area contributed by atoms with E-state index in [0.717, 1.165) is 13.0 Å². The van der Waals surface area contributed by atoms with Gasteiger partial charge in [-0.15, -0.1) is 0 Å². The Hall–Kier alpha value is -2.64. The summed E-state index contributed by atoms with van der Waals surface area (Å²) in [5, 5.41) is 3.72. The number of benzene rings is 3. The van der Waals surface area contributed by atoms with Crippen LogP contribution < -0.4 is 20.7 Å². The van der Waals surface area contributed by atoms with Gasteiger partial charge in [0.05, 0.1) is 52.9 Å². The van der Waals surface area contributed by atoms with Gasteiger partial charge in [-0.1, -0.05) is 131 Å². The summed E-state index contributed by atoms with van der Waals surface area (Å²) in [5.74, 6) is 0.0563. The summed E-state index contributed by atoms with van der Waals surface area (Å²) in [5.41, 5.74) is 0. The molecule has 7 nitrogen and oxygen atoms in total. The molecule has 3 rings (SSSR count). The molecule has 0 saturated carbocycles. The second kappa shape index (κ2) is 26.3. The van der Waals surface area contributed by atoms with Crippen molar-refractivity contribution >= 4 is 29.8 Å². The van der Waals surface area contributed by atoms with Crippen LogP contribution in [-0.4, -0.2) is 72.0 Å². The monoisotopic (exact) mass is 666 g/mol. The van der Waals surface area contributed by atoms with Crippen LogP contribution in [0.3, 0.4) is 0 Å². The molecular formula is C39H55O7P. The van der Waals surface area contributed by atoms with Gasteiger partial charge in [0.1, 0.15) is 12.4 Å². The molecule has 0 aliphatic heterocycles. The second-order valence-electron chi connectivity index (χ2n) is 11.3. The largest absolute Gasteiger partial charge is 0.425 e. The molecule has 0 N–H and O–H groups in total. The second-order valence-corrected chi connectivity index (χ2v) is 13.5. The Balaban J connectivity index is 1.12. The lowest BCUT2D eigenvalue weighted by Gasteiger charge is -2.19. The number of carbonyl (C=O) groups is 1. The topological polar surface area (TPSA) is 72.5 Å². The molecule has 0 atom stereocenters. The molecule has 0 amide bonds. The Morgan fingerprint density at radius 2 is 0.872 bits per heavy atom. The number of ether oxygens (including phenoxy) is 6. The van der Waals surface area contributed by atoms with E-state index in [4.69, 9.17) is 28.4 Å². The molecule has 258 valence electrons. The number of hydrogen-bond donors (Lipinski definition) is 0. The van der Waals surface area contributed by atoms with Crippen molar-refractivity contribution in [2.24, 2.45) is 0 Å². The van der Waals surface area contributed by atoms with Gasteiger partial charge in [-0.25, -0.2) is 4.79 Å². The number of carbonyl (C=O) groups excluding carboxylic acids is 1. The predicted octanol–water partition coefficient (Wildman–Crippen LogP) is 6.96. The summed E-state index contributed by atoms with van der Waals surface area (Å²) in [4.78, 5) is 12.3. The van der Waals surface area contributed by atoms with Gasteiger partial charge in [-0.3, -0.25) is 0 Å². The van der Waals surface area contributed by atoms with Crippen molar-refractivity contribution in [1.82, 2.24) is 0 Å². The van der Waals surface area contributed by atoms with Crippen molar-refractivity contribution in [2.45, 2.75) is 64.7 Å². The van der Waals surface area contributed by atoms with Gasteiger partial charge < -0.3 is 28.4 Å². The van der Waals surface area contributed by atoms with Gasteiger partial charge >= 0.3 is 5.97 Å². The van der Waals surface area contributed by atoms with Gasteiger partial charge in [-0.05, 0) is 42.4 Å². The highest BCUT2D eigenvalue weighted by atomic mass is 31.1. The van der Waals surface area contributed by atoms with E-state index in [9.17, 15) is 4.79 Å². The van der Waals surface area contributed by atoms with Crippen LogP contribution in [0, 0.1) is 0 Å². The predicted molar refractivity (Wildman–Crippen MR) is 192 cm³/mol. The zero-order valence-electron chi connectivity index (χ0n) is 28.3. The van der Waals surface area contributed by atoms with E-state index in [1.807, 2.05) is 36.4 Å². The molecule has 0 saturated heterocycles. The van der Waals surface area contributed by atoms with Crippen molar-refractivity contribution in [1.29, 1.82) is 0 Å². The molecule has 0 radical (unpaired) electrons. The molecule has 47 heavy (non-hydrogen) atoms. The van der Waals surface area contributed by atoms with Crippen LogP contribution in [0.2, 0.25) is 0 Å². The zero-order valence-corrected chi connectivity index (χ0v) is 29.2. The van der Waals surface area contributed by atoms with Crippen LogP contribution >= 0.6 is 7.92 Å². The molecule has 0 unspecified atom stereocenters. The quantitative estimate of drug-likeness (QED) is 0.0359. The third kappa shape index (κ3) is 17.9. The first-order valence-electron chi connectivity index (χ1n) is 17.4. The maximum Gasteiger partial charge on any atom is 0.337 e. The maximum absolute atomic E-state index is 12.3. The van der Waals surface area contributed by atoms with Crippen LogP contribution in [0.25, 0.3) is 0 Å². The number of esters is 1. The summed E-state index contributed by atoms with van der Waals surface area (Å²) in [6.07, 6.45) is 11.9. The summed E-state index contributed by atoms with van der Waals surface area (Å²) >= 11 is 0. The van der Waals surface area contributed by atoms with E-state index in [0.29, 0.717) is 58.6 Å². The minimum absolute atomic E-state index is 0.136. The lowest BCUT2D eigenvalue weighted by atomic mass is 10.1. The minimum atomic E-state index is -0.707. The lowest BCUT2D eigenvalue weighted by molar-refractivity contribution is -0.140. The standard InChI is InChI=1S/C39H55O7P/c1-2-3-4-5-6-7-8-9-16-25-41-26-27-42-28-29-43-30-31-44-32-33-45-34-39(40)46-35-21-23-38(24-22-35)47(36-17-12-10-13-18-36)37-19-14-11-15-20-37/h10-15,17-24H,2-9,16,25-34H2,1H3. The third-order valence-corrected chi connectivity index (χ3v) is 9.90. The minimum Gasteiger partial charge on any atom is -0.425 e. The van der Waals surface area contributed by atoms with Gasteiger partial charge in [-0.2, -0.15) is 0 Å². The molecule has 0 fully saturated rings. The van der Waals surface area contributed by atoms with Crippen molar-refractivity contribution < 1.29 is 33.2 Å². The van der Waals surface area contributed by atoms with Crippen molar-refractivity contribution in [3.05, 3.63) is 84.9 Å². The fourth-order valence-electron chi connectivity index (χ4n) is 4.98. The molecule has 0 spiro atoms. The SMILES string of the molecule is CCCCCCCCCCCOCCOCCOCCOCCOCC(=O)Oc1ccc(P(c2ccccc2)c2ccccc2)cc1. The van der Waals surface area contributed by atoms with Crippen molar-refractivity contribution in [3.63, 3.8) is 0 Å². The van der Waals surface area contributed by atoms with Crippen LogP contribution in [0.15, 0.2) is 84.9 Å². The van der Waals surface area contributed by atoms with E-state index < -0.39 is 13.9 Å². The average Bonchev–Trinajstić information content (AvgIpc) is 3.10. The van der Waals surface area contributed by atoms with E-state index >= 15 is 0 Å². The molecule has 3 aromatic carbocycles. The van der Waals surface area contributed by atoms with Gasteiger partial charge in [0.15, 0.2) is 0 Å². The van der Waals surface area contributed by atoms with Crippen molar-refractivity contribution in [2.75, 3.05) is 66.1 Å². The first-order chi connectivity index (χ1) is 23.3. The Morgan fingerprint density at radius 1 is 0.468 bits per heavy atom. The van der Waals surface area contributed by atoms with Crippen LogP contribution in [0.4, 0.5) is 0 Å². The first kappa shape index (κ1) is 38.8. The summed E-state index contributed by atoms with van der Waals surface area (Å²) < 4.78 is 33.1. The smallest absolute Gasteiger partial charge is 0.337 e. The molecule has 0 aliphatic rings. The normalized spacial score (nSPS) is 11.3. The van der Waals surface area contributed by atoms with Crippen molar-refractivity contribution in [3.8, 4) is 5.75 Å². The molecule has 8 heteroatoms. The summed E-state index contributed by atoms with van der Waals surface area (Å²) in [7, 11) is -0.707. The highest BCUT2D eigenvalue weighted by Gasteiger charge is 2.16. The van der Waals surface area contributed by atoms with E-state index in [-0.39, 0.29) is 6.61 Å². The van der Waals surface area contributed by atoms with Crippen LogP contribution in [0.5, 0.6) is 5.75 Å². The summed E-state index contributed by atoms with van der Waals surface area (Å²) in [6, 6.07) is 28.7. The number of unbranched alkanes of at least 4 members (excludes halogenated alkanes) is 8. The molecule has 0 bridgehead atoms. The molecule has 3 aromatic rings. The molecular weight excluding hydrogens is 611 g/mol. The molecule has 0 aliphatic carbocycles. The number of rotatable bonds is 28. The highest BCUT2D eigenvalue weighted by Crippen LogP contribution is 2.33. The third-order valence-electron chi connectivity index (χ3n) is 7.46. The van der Waals surface area contributed by atoms with Gasteiger partial charge in [0.25, 0.3) is 0 Å². The fourth-order valence-corrected chi connectivity index (χ4v) is 7.26. The van der Waals surface area contributed by atoms with Crippen LogP contribution in [-0.2, 0) is 28.5 Å².